The van der Waals surface area contributed by atoms with Crippen molar-refractivity contribution in [3.8, 4) is 0 Å². The van der Waals surface area contributed by atoms with Crippen LogP contribution in [0, 0.1) is 0 Å². The summed E-state index contributed by atoms with van der Waals surface area (Å²) in [6, 6.07) is 0.709. The van der Waals surface area contributed by atoms with Crippen molar-refractivity contribution in [2.24, 2.45) is 0 Å². The van der Waals surface area contributed by atoms with Crippen LogP contribution >= 0.6 is 0 Å². The van der Waals surface area contributed by atoms with E-state index in [2.05, 4.69) is 10.2 Å². The van der Waals surface area contributed by atoms with E-state index in [4.69, 9.17) is 4.74 Å². The summed E-state index contributed by atoms with van der Waals surface area (Å²) in [5.41, 5.74) is 0. The molecule has 2 heterocycles. The number of rotatable bonds is 1. The Morgan fingerprint density at radius 3 is 2.75 bits per heavy atom. The van der Waals surface area contributed by atoms with E-state index in [-0.39, 0.29) is 0 Å². The Kier molecular flexibility index (Phi) is 2.98. The molecule has 0 spiro atoms. The molecule has 2 saturated heterocycles. The lowest BCUT2D eigenvalue weighted by Gasteiger charge is -2.36. The van der Waals surface area contributed by atoms with Crippen LogP contribution in [0.5, 0.6) is 0 Å². The lowest BCUT2D eigenvalue weighted by Crippen LogP contribution is -2.50. The van der Waals surface area contributed by atoms with Crippen LogP contribution in [0.3, 0.4) is 0 Å². The maximum atomic E-state index is 5.47. The van der Waals surface area contributed by atoms with Gasteiger partial charge in [0.25, 0.3) is 0 Å². The molecular formula is C9H18N2O. The summed E-state index contributed by atoms with van der Waals surface area (Å²) in [4.78, 5) is 2.57. The van der Waals surface area contributed by atoms with Crippen LogP contribution in [0.25, 0.3) is 0 Å². The molecule has 0 aromatic carbocycles. The first-order chi connectivity index (χ1) is 5.97. The smallest absolute Gasteiger partial charge is 0.0621 e. The highest BCUT2D eigenvalue weighted by atomic mass is 16.5. The Hall–Kier alpha value is -0.120. The molecule has 2 aliphatic heterocycles. The summed E-state index contributed by atoms with van der Waals surface area (Å²) in [6.07, 6.45) is 2.58. The molecular weight excluding hydrogens is 152 g/mol. The largest absolute Gasteiger partial charge is 0.380 e. The molecule has 12 heavy (non-hydrogen) atoms. The van der Waals surface area contributed by atoms with Gasteiger partial charge in [-0.3, -0.25) is 4.90 Å². The minimum Gasteiger partial charge on any atom is -0.380 e. The summed E-state index contributed by atoms with van der Waals surface area (Å²) < 4.78 is 5.47. The molecule has 0 bridgehead atoms. The van der Waals surface area contributed by atoms with Gasteiger partial charge < -0.3 is 10.1 Å². The molecule has 0 aliphatic carbocycles. The van der Waals surface area contributed by atoms with Gasteiger partial charge in [-0.05, 0) is 12.8 Å². The van der Waals surface area contributed by atoms with Gasteiger partial charge in [-0.2, -0.15) is 0 Å². The van der Waals surface area contributed by atoms with Crippen LogP contribution in [0.15, 0.2) is 0 Å². The van der Waals surface area contributed by atoms with Crippen LogP contribution in [-0.4, -0.2) is 50.3 Å². The first-order valence-corrected chi connectivity index (χ1v) is 4.99. The fraction of sp³-hybridized carbons (Fsp3) is 1.00. The van der Waals surface area contributed by atoms with Gasteiger partial charge in [0.05, 0.1) is 6.61 Å². The van der Waals surface area contributed by atoms with Crippen molar-refractivity contribution in [1.82, 2.24) is 10.2 Å². The van der Waals surface area contributed by atoms with Crippen molar-refractivity contribution in [2.75, 3.05) is 39.4 Å². The van der Waals surface area contributed by atoms with Gasteiger partial charge in [0.1, 0.15) is 0 Å². The van der Waals surface area contributed by atoms with Crippen LogP contribution in [0.1, 0.15) is 12.8 Å². The molecule has 1 N–H and O–H groups in total. The molecule has 3 heteroatoms. The van der Waals surface area contributed by atoms with Crippen molar-refractivity contribution in [2.45, 2.75) is 18.9 Å². The molecule has 0 amide bonds. The lowest BCUT2D eigenvalue weighted by atomic mass is 10.1. The molecule has 1 atom stereocenters. The standard InChI is InChI=1S/C9H18N2O/c1-2-9(8-12-7-1)11-5-3-10-4-6-11/h9-10H,1-8H2/t9-/m1/s1. The number of nitrogens with zero attached hydrogens (tertiary/aromatic N) is 1. The predicted octanol–water partition coefficient (Wildman–Crippen LogP) is 0.0706. The van der Waals surface area contributed by atoms with Gasteiger partial charge in [0, 0.05) is 38.8 Å². The van der Waals surface area contributed by atoms with Crippen molar-refractivity contribution in [1.29, 1.82) is 0 Å². The van der Waals surface area contributed by atoms with Crippen molar-refractivity contribution < 1.29 is 4.74 Å². The minimum absolute atomic E-state index is 0.709. The Morgan fingerprint density at radius 1 is 1.25 bits per heavy atom. The van der Waals surface area contributed by atoms with E-state index < -0.39 is 0 Å². The SMILES string of the molecule is C1COC[C@H](N2CCNCC2)C1. The predicted molar refractivity (Wildman–Crippen MR) is 48.3 cm³/mol. The zero-order valence-electron chi connectivity index (χ0n) is 7.59. The van der Waals surface area contributed by atoms with E-state index in [1.54, 1.807) is 0 Å². The van der Waals surface area contributed by atoms with Gasteiger partial charge in [0.2, 0.25) is 0 Å². The summed E-state index contributed by atoms with van der Waals surface area (Å²) >= 11 is 0. The van der Waals surface area contributed by atoms with E-state index in [9.17, 15) is 0 Å². The van der Waals surface area contributed by atoms with Gasteiger partial charge in [0.15, 0.2) is 0 Å². The van der Waals surface area contributed by atoms with E-state index in [1.165, 1.54) is 25.9 Å². The molecule has 0 unspecified atom stereocenters. The Labute approximate surface area is 74.1 Å². The molecule has 0 saturated carbocycles. The Bertz CT molecular complexity index is 112. The van der Waals surface area contributed by atoms with Crippen molar-refractivity contribution in [3.05, 3.63) is 0 Å². The third kappa shape index (κ3) is 1.97. The van der Waals surface area contributed by atoms with E-state index >= 15 is 0 Å². The van der Waals surface area contributed by atoms with Gasteiger partial charge in [-0.15, -0.1) is 0 Å². The van der Waals surface area contributed by atoms with Gasteiger partial charge >= 0.3 is 0 Å². The first-order valence-electron chi connectivity index (χ1n) is 4.99. The molecule has 2 fully saturated rings. The monoisotopic (exact) mass is 170 g/mol. The summed E-state index contributed by atoms with van der Waals surface area (Å²) in [7, 11) is 0. The zero-order chi connectivity index (χ0) is 8.23. The van der Waals surface area contributed by atoms with Crippen LogP contribution < -0.4 is 5.32 Å². The average Bonchev–Trinajstić information content (AvgIpc) is 2.21. The van der Waals surface area contributed by atoms with Gasteiger partial charge in [-0.25, -0.2) is 0 Å². The second-order valence-electron chi connectivity index (χ2n) is 3.66. The van der Waals surface area contributed by atoms with E-state index in [0.717, 1.165) is 26.3 Å². The van der Waals surface area contributed by atoms with E-state index in [1.807, 2.05) is 0 Å². The maximum Gasteiger partial charge on any atom is 0.0621 e. The number of nitrogens with one attached hydrogen (secondary N) is 1. The fourth-order valence-electron chi connectivity index (χ4n) is 2.06. The average molecular weight is 170 g/mol. The number of ether oxygens (including phenoxy) is 1. The highest BCUT2D eigenvalue weighted by molar-refractivity contribution is 4.78. The molecule has 2 aliphatic rings. The second kappa shape index (κ2) is 4.21. The number of piperazine rings is 1. The molecule has 3 nitrogen and oxygen atoms in total. The Morgan fingerprint density at radius 2 is 2.08 bits per heavy atom. The zero-order valence-corrected chi connectivity index (χ0v) is 7.59. The lowest BCUT2D eigenvalue weighted by molar-refractivity contribution is 0.0136. The highest BCUT2D eigenvalue weighted by Gasteiger charge is 2.22. The quantitative estimate of drug-likeness (QED) is 0.603. The van der Waals surface area contributed by atoms with Crippen molar-refractivity contribution in [3.63, 3.8) is 0 Å². The van der Waals surface area contributed by atoms with Crippen molar-refractivity contribution >= 4 is 0 Å². The van der Waals surface area contributed by atoms with Gasteiger partial charge in [-0.1, -0.05) is 0 Å². The second-order valence-corrected chi connectivity index (χ2v) is 3.66. The molecule has 0 aromatic heterocycles. The normalized spacial score (nSPS) is 33.5. The summed E-state index contributed by atoms with van der Waals surface area (Å²) in [6.45, 7) is 6.64. The molecule has 70 valence electrons. The minimum atomic E-state index is 0.709. The molecule has 0 aromatic rings. The number of hydrogen-bond acceptors (Lipinski definition) is 3. The topological polar surface area (TPSA) is 24.5 Å². The third-order valence-electron chi connectivity index (χ3n) is 2.80. The number of hydrogen-bond donors (Lipinski definition) is 1. The third-order valence-corrected chi connectivity index (χ3v) is 2.80. The Balaban J connectivity index is 1.80. The highest BCUT2D eigenvalue weighted by Crippen LogP contribution is 2.13. The first kappa shape index (κ1) is 8.48. The van der Waals surface area contributed by atoms with Crippen LogP contribution in [0.2, 0.25) is 0 Å². The summed E-state index contributed by atoms with van der Waals surface area (Å²) in [5.74, 6) is 0. The van der Waals surface area contributed by atoms with Crippen LogP contribution in [0.4, 0.5) is 0 Å². The van der Waals surface area contributed by atoms with Crippen LogP contribution in [-0.2, 0) is 4.74 Å². The van der Waals surface area contributed by atoms with E-state index in [0.29, 0.717) is 6.04 Å². The summed E-state index contributed by atoms with van der Waals surface area (Å²) in [5, 5.41) is 3.37. The maximum absolute atomic E-state index is 5.47. The molecule has 2 rings (SSSR count). The molecule has 0 radical (unpaired) electrons. The fourth-order valence-corrected chi connectivity index (χ4v) is 2.06.